The molecule has 1 unspecified atom stereocenters. The highest BCUT2D eigenvalue weighted by Crippen LogP contribution is 2.35. The average Bonchev–Trinajstić information content (AvgIpc) is 3.15. The van der Waals surface area contributed by atoms with E-state index in [1.165, 1.54) is 12.3 Å². The lowest BCUT2D eigenvalue weighted by Gasteiger charge is -2.16. The van der Waals surface area contributed by atoms with E-state index in [4.69, 9.17) is 0 Å². The standard InChI is InChI=1S/C23H23N3O4S/c1-2-15-5-10-18(11-6-15)31(29,30)26-21-12-8-16-7-9-17(14-20(16)21)25-22-19(23(27)28)4-3-13-24-22/h3-7,9-11,13-14,21,26H,2,8,12H2,1H3,(H,24,25)(H,27,28). The van der Waals surface area contributed by atoms with E-state index < -0.39 is 16.0 Å². The third-order valence-corrected chi connectivity index (χ3v) is 6.95. The normalized spacial score (nSPS) is 15.5. The third kappa shape index (κ3) is 4.45. The number of fused-ring (bicyclic) bond motifs is 1. The van der Waals surface area contributed by atoms with Crippen LogP contribution in [-0.4, -0.2) is 24.5 Å². The smallest absolute Gasteiger partial charge is 0.339 e. The zero-order valence-electron chi connectivity index (χ0n) is 17.0. The number of nitrogens with zero attached hydrogens (tertiary/aromatic N) is 1. The van der Waals surface area contributed by atoms with Gasteiger partial charge in [0.25, 0.3) is 0 Å². The Kier molecular flexibility index (Phi) is 5.75. The van der Waals surface area contributed by atoms with Crippen LogP contribution in [-0.2, 0) is 22.9 Å². The van der Waals surface area contributed by atoms with Gasteiger partial charge in [-0.05, 0) is 72.4 Å². The molecule has 0 spiro atoms. The van der Waals surface area contributed by atoms with Gasteiger partial charge in [0.2, 0.25) is 10.0 Å². The average molecular weight is 438 g/mol. The molecule has 1 atom stereocenters. The fourth-order valence-electron chi connectivity index (χ4n) is 3.78. The first-order valence-electron chi connectivity index (χ1n) is 10.1. The molecule has 3 N–H and O–H groups in total. The van der Waals surface area contributed by atoms with E-state index >= 15 is 0 Å². The van der Waals surface area contributed by atoms with Crippen molar-refractivity contribution in [2.75, 3.05) is 5.32 Å². The molecule has 160 valence electrons. The Balaban J connectivity index is 1.58. The minimum absolute atomic E-state index is 0.0655. The number of benzene rings is 2. The van der Waals surface area contributed by atoms with Crippen molar-refractivity contribution in [1.82, 2.24) is 9.71 Å². The monoisotopic (exact) mass is 437 g/mol. The quantitative estimate of drug-likeness (QED) is 0.515. The van der Waals surface area contributed by atoms with Gasteiger partial charge in [-0.25, -0.2) is 22.9 Å². The minimum atomic E-state index is -3.66. The van der Waals surface area contributed by atoms with Crippen LogP contribution >= 0.6 is 0 Å². The van der Waals surface area contributed by atoms with Crippen molar-refractivity contribution in [3.05, 3.63) is 83.0 Å². The molecule has 0 saturated carbocycles. The lowest BCUT2D eigenvalue weighted by molar-refractivity contribution is 0.0697. The van der Waals surface area contributed by atoms with Crippen molar-refractivity contribution >= 4 is 27.5 Å². The Labute approximate surface area is 181 Å². The molecule has 1 heterocycles. The van der Waals surface area contributed by atoms with Gasteiger partial charge in [0.15, 0.2) is 0 Å². The number of rotatable bonds is 7. The highest BCUT2D eigenvalue weighted by Gasteiger charge is 2.28. The highest BCUT2D eigenvalue weighted by molar-refractivity contribution is 7.89. The summed E-state index contributed by atoms with van der Waals surface area (Å²) >= 11 is 0. The van der Waals surface area contributed by atoms with Crippen LogP contribution in [0.4, 0.5) is 11.5 Å². The molecule has 4 rings (SSSR count). The van der Waals surface area contributed by atoms with E-state index in [0.29, 0.717) is 12.1 Å². The number of aryl methyl sites for hydroxylation is 2. The van der Waals surface area contributed by atoms with E-state index in [2.05, 4.69) is 15.0 Å². The van der Waals surface area contributed by atoms with Crippen LogP contribution in [0.3, 0.4) is 0 Å². The Hall–Kier alpha value is -3.23. The van der Waals surface area contributed by atoms with E-state index in [0.717, 1.165) is 29.5 Å². The number of carboxylic acid groups (broad SMARTS) is 1. The molecule has 0 bridgehead atoms. The second kappa shape index (κ2) is 8.49. The van der Waals surface area contributed by atoms with Crippen molar-refractivity contribution in [3.8, 4) is 0 Å². The summed E-state index contributed by atoms with van der Waals surface area (Å²) < 4.78 is 28.6. The highest BCUT2D eigenvalue weighted by atomic mass is 32.2. The zero-order valence-corrected chi connectivity index (χ0v) is 17.8. The molecule has 2 aromatic carbocycles. The van der Waals surface area contributed by atoms with Crippen LogP contribution in [0.1, 0.15) is 46.4 Å². The minimum Gasteiger partial charge on any atom is -0.478 e. The molecule has 3 aromatic rings. The fraction of sp³-hybridized carbons (Fsp3) is 0.217. The van der Waals surface area contributed by atoms with Crippen LogP contribution in [0.2, 0.25) is 0 Å². The van der Waals surface area contributed by atoms with Gasteiger partial charge in [0.1, 0.15) is 11.4 Å². The topological polar surface area (TPSA) is 108 Å². The van der Waals surface area contributed by atoms with Gasteiger partial charge in [0.05, 0.1) is 4.90 Å². The number of aromatic nitrogens is 1. The molecule has 1 aromatic heterocycles. The molecule has 7 nitrogen and oxygen atoms in total. The summed E-state index contributed by atoms with van der Waals surface area (Å²) in [6.07, 6.45) is 3.79. The summed E-state index contributed by atoms with van der Waals surface area (Å²) in [5.41, 5.74) is 3.75. The van der Waals surface area contributed by atoms with E-state index in [1.807, 2.05) is 37.3 Å². The molecule has 0 aliphatic heterocycles. The fourth-order valence-corrected chi connectivity index (χ4v) is 5.03. The van der Waals surface area contributed by atoms with Gasteiger partial charge in [-0.3, -0.25) is 0 Å². The van der Waals surface area contributed by atoms with Crippen molar-refractivity contribution < 1.29 is 18.3 Å². The number of carbonyl (C=O) groups is 1. The first-order chi connectivity index (χ1) is 14.9. The number of anilines is 2. The summed E-state index contributed by atoms with van der Waals surface area (Å²) in [7, 11) is -3.66. The molecular formula is C23H23N3O4S. The van der Waals surface area contributed by atoms with E-state index in [-0.39, 0.29) is 22.3 Å². The van der Waals surface area contributed by atoms with Crippen LogP contribution in [0, 0.1) is 0 Å². The molecule has 0 fully saturated rings. The van der Waals surface area contributed by atoms with E-state index in [1.54, 1.807) is 18.2 Å². The van der Waals surface area contributed by atoms with Crippen molar-refractivity contribution in [1.29, 1.82) is 0 Å². The number of carboxylic acids is 1. The predicted molar refractivity (Wildman–Crippen MR) is 118 cm³/mol. The van der Waals surface area contributed by atoms with Crippen LogP contribution in [0.5, 0.6) is 0 Å². The Bertz CT molecular complexity index is 1220. The van der Waals surface area contributed by atoms with Gasteiger partial charge in [-0.1, -0.05) is 25.1 Å². The van der Waals surface area contributed by atoms with Crippen molar-refractivity contribution in [2.45, 2.75) is 37.1 Å². The number of sulfonamides is 1. The van der Waals surface area contributed by atoms with Crippen molar-refractivity contribution in [3.63, 3.8) is 0 Å². The molecule has 1 aliphatic carbocycles. The Morgan fingerprint density at radius 3 is 2.65 bits per heavy atom. The lowest BCUT2D eigenvalue weighted by atomic mass is 10.1. The summed E-state index contributed by atoms with van der Waals surface area (Å²) in [5.74, 6) is -0.836. The first kappa shape index (κ1) is 21.0. The van der Waals surface area contributed by atoms with Gasteiger partial charge in [-0.2, -0.15) is 0 Å². The summed E-state index contributed by atoms with van der Waals surface area (Å²) in [4.78, 5) is 15.8. The third-order valence-electron chi connectivity index (χ3n) is 5.46. The molecule has 0 saturated heterocycles. The number of nitrogens with one attached hydrogen (secondary N) is 2. The number of hydrogen-bond donors (Lipinski definition) is 3. The number of aromatic carboxylic acids is 1. The maximum Gasteiger partial charge on any atom is 0.339 e. The SMILES string of the molecule is CCc1ccc(S(=O)(=O)NC2CCc3ccc(Nc4ncccc4C(=O)O)cc32)cc1. The predicted octanol–water partition coefficient (Wildman–Crippen LogP) is 4.05. The van der Waals surface area contributed by atoms with Crippen molar-refractivity contribution in [2.24, 2.45) is 0 Å². The molecule has 0 amide bonds. The van der Waals surface area contributed by atoms with E-state index in [9.17, 15) is 18.3 Å². The van der Waals surface area contributed by atoms with Crippen LogP contribution < -0.4 is 10.0 Å². The summed E-state index contributed by atoms with van der Waals surface area (Å²) in [6.45, 7) is 2.02. The molecular weight excluding hydrogens is 414 g/mol. The van der Waals surface area contributed by atoms with Gasteiger partial charge < -0.3 is 10.4 Å². The number of pyridine rings is 1. The maximum atomic E-state index is 12.9. The van der Waals surface area contributed by atoms with Gasteiger partial charge in [-0.15, -0.1) is 0 Å². The maximum absolute atomic E-state index is 12.9. The Morgan fingerprint density at radius 1 is 1.16 bits per heavy atom. The Morgan fingerprint density at radius 2 is 1.94 bits per heavy atom. The second-order valence-electron chi connectivity index (χ2n) is 7.45. The van der Waals surface area contributed by atoms with Gasteiger partial charge in [0, 0.05) is 17.9 Å². The van der Waals surface area contributed by atoms with Crippen LogP contribution in [0.15, 0.2) is 65.7 Å². The molecule has 8 heteroatoms. The zero-order chi connectivity index (χ0) is 22.0. The molecule has 0 radical (unpaired) electrons. The second-order valence-corrected chi connectivity index (χ2v) is 9.17. The summed E-state index contributed by atoms with van der Waals surface area (Å²) in [5, 5.41) is 12.4. The summed E-state index contributed by atoms with van der Waals surface area (Å²) in [6, 6.07) is 15.2. The molecule has 31 heavy (non-hydrogen) atoms. The number of hydrogen-bond acceptors (Lipinski definition) is 5. The molecule has 1 aliphatic rings. The largest absolute Gasteiger partial charge is 0.478 e. The van der Waals surface area contributed by atoms with Gasteiger partial charge >= 0.3 is 5.97 Å². The lowest BCUT2D eigenvalue weighted by Crippen LogP contribution is -2.27. The van der Waals surface area contributed by atoms with Crippen LogP contribution in [0.25, 0.3) is 0 Å². The first-order valence-corrected chi connectivity index (χ1v) is 11.5.